The van der Waals surface area contributed by atoms with Crippen molar-refractivity contribution < 1.29 is 23.9 Å². The molecule has 3 N–H and O–H groups in total. The van der Waals surface area contributed by atoms with E-state index in [1.807, 2.05) is 13.8 Å². The fourth-order valence-electron chi connectivity index (χ4n) is 3.41. The topological polar surface area (TPSA) is 114 Å². The molecule has 31 heavy (non-hydrogen) atoms. The molecule has 0 aromatic rings. The molecule has 0 aromatic heterocycles. The number of rotatable bonds is 18. The molecule has 8 heteroatoms. The van der Waals surface area contributed by atoms with Crippen molar-refractivity contribution in [3.05, 3.63) is 0 Å². The number of amides is 2. The normalized spacial score (nSPS) is 13.7. The van der Waals surface area contributed by atoms with Gasteiger partial charge in [0.1, 0.15) is 5.78 Å². The minimum absolute atomic E-state index is 0.0141. The lowest BCUT2D eigenvalue weighted by Gasteiger charge is -2.27. The highest BCUT2D eigenvalue weighted by Crippen LogP contribution is 2.17. The van der Waals surface area contributed by atoms with E-state index in [4.69, 9.17) is 4.74 Å². The van der Waals surface area contributed by atoms with E-state index in [0.29, 0.717) is 38.8 Å². The fraction of sp³-hybridized carbons (Fsp3) is 0.826. The second-order valence-electron chi connectivity index (χ2n) is 7.97. The number of ketones is 2. The second kappa shape index (κ2) is 17.7. The van der Waals surface area contributed by atoms with Crippen molar-refractivity contribution in [2.24, 2.45) is 5.92 Å². The third-order valence-electron chi connectivity index (χ3n) is 5.33. The summed E-state index contributed by atoms with van der Waals surface area (Å²) in [5.74, 6) is -0.519. The highest BCUT2D eigenvalue weighted by Gasteiger charge is 2.30. The Balaban J connectivity index is 4.61. The van der Waals surface area contributed by atoms with Crippen LogP contribution in [0.2, 0.25) is 0 Å². The molecule has 0 rings (SSSR count). The van der Waals surface area contributed by atoms with Gasteiger partial charge in [-0.15, -0.1) is 0 Å². The van der Waals surface area contributed by atoms with Crippen LogP contribution in [0.3, 0.4) is 0 Å². The molecule has 0 aliphatic heterocycles. The van der Waals surface area contributed by atoms with E-state index in [2.05, 4.69) is 16.0 Å². The molecule has 0 aliphatic carbocycles. The molecule has 0 aliphatic rings. The third kappa shape index (κ3) is 13.1. The Morgan fingerprint density at radius 3 is 2.19 bits per heavy atom. The molecule has 0 aromatic carbocycles. The molecule has 180 valence electrons. The fourth-order valence-corrected chi connectivity index (χ4v) is 3.41. The highest BCUT2D eigenvalue weighted by molar-refractivity contribution is 5.90. The summed E-state index contributed by atoms with van der Waals surface area (Å²) < 4.78 is 5.03. The monoisotopic (exact) mass is 441 g/mol. The Bertz CT molecular complexity index is 553. The summed E-state index contributed by atoms with van der Waals surface area (Å²) in [4.78, 5) is 48.4. The van der Waals surface area contributed by atoms with Crippen molar-refractivity contribution in [2.45, 2.75) is 97.6 Å². The molecule has 0 saturated heterocycles. The van der Waals surface area contributed by atoms with Gasteiger partial charge >= 0.3 is 6.09 Å². The van der Waals surface area contributed by atoms with E-state index in [1.54, 1.807) is 14.0 Å². The van der Waals surface area contributed by atoms with Crippen LogP contribution in [0, 0.1) is 5.92 Å². The Morgan fingerprint density at radius 2 is 1.65 bits per heavy atom. The molecule has 0 radical (unpaired) electrons. The average Bonchev–Trinajstić information content (AvgIpc) is 2.73. The molecule has 3 unspecified atom stereocenters. The van der Waals surface area contributed by atoms with E-state index in [-0.39, 0.29) is 35.9 Å². The van der Waals surface area contributed by atoms with Crippen LogP contribution in [-0.4, -0.2) is 55.8 Å². The van der Waals surface area contributed by atoms with Crippen molar-refractivity contribution in [1.82, 2.24) is 16.0 Å². The molecule has 0 saturated carbocycles. The lowest BCUT2D eigenvalue weighted by molar-refractivity contribution is -0.129. The number of alkyl carbamates (subject to hydrolysis) is 1. The smallest absolute Gasteiger partial charge is 0.407 e. The predicted octanol–water partition coefficient (Wildman–Crippen LogP) is 3.13. The van der Waals surface area contributed by atoms with Crippen LogP contribution in [0.4, 0.5) is 4.79 Å². The third-order valence-corrected chi connectivity index (χ3v) is 5.33. The largest absolute Gasteiger partial charge is 0.450 e. The SMILES string of the molecule is CCCCOC(=O)NCCCCC(CC(=O)C(NC)C(CCC)NC(=O)CC)C(C)=O. The zero-order valence-electron chi connectivity index (χ0n) is 20.1. The molecule has 0 bridgehead atoms. The van der Waals surface area contributed by atoms with Gasteiger partial charge in [0.2, 0.25) is 5.91 Å². The molecule has 0 heterocycles. The molecule has 3 atom stereocenters. The van der Waals surface area contributed by atoms with Crippen LogP contribution in [-0.2, 0) is 19.1 Å². The highest BCUT2D eigenvalue weighted by atomic mass is 16.5. The molecule has 0 fully saturated rings. The summed E-state index contributed by atoms with van der Waals surface area (Å²) >= 11 is 0. The predicted molar refractivity (Wildman–Crippen MR) is 122 cm³/mol. The number of carbonyl (C=O) groups is 4. The summed E-state index contributed by atoms with van der Waals surface area (Å²) in [7, 11) is 1.71. The summed E-state index contributed by atoms with van der Waals surface area (Å²) in [5.41, 5.74) is 0. The number of likely N-dealkylation sites (N-methyl/N-ethyl adjacent to an activating group) is 1. The molecule has 8 nitrogen and oxygen atoms in total. The molecular weight excluding hydrogens is 398 g/mol. The van der Waals surface area contributed by atoms with Crippen LogP contribution < -0.4 is 16.0 Å². The van der Waals surface area contributed by atoms with Gasteiger partial charge in [0.15, 0.2) is 5.78 Å². The average molecular weight is 442 g/mol. The summed E-state index contributed by atoms with van der Waals surface area (Å²) in [6.45, 7) is 8.22. The van der Waals surface area contributed by atoms with E-state index in [1.165, 1.54) is 6.92 Å². The van der Waals surface area contributed by atoms with Gasteiger partial charge in [-0.1, -0.05) is 40.0 Å². The summed E-state index contributed by atoms with van der Waals surface area (Å²) in [6, 6.07) is -0.803. The van der Waals surface area contributed by atoms with Gasteiger partial charge in [0, 0.05) is 25.3 Å². The number of unbranched alkanes of at least 4 members (excludes halogenated alkanes) is 2. The first-order valence-electron chi connectivity index (χ1n) is 11.7. The van der Waals surface area contributed by atoms with Gasteiger partial charge in [0.05, 0.1) is 18.7 Å². The number of carbonyl (C=O) groups excluding carboxylic acids is 4. The van der Waals surface area contributed by atoms with Crippen LogP contribution in [0.1, 0.15) is 85.5 Å². The van der Waals surface area contributed by atoms with Crippen molar-refractivity contribution >= 4 is 23.6 Å². The van der Waals surface area contributed by atoms with Crippen molar-refractivity contribution in [1.29, 1.82) is 0 Å². The van der Waals surface area contributed by atoms with Crippen LogP contribution in [0.25, 0.3) is 0 Å². The summed E-state index contributed by atoms with van der Waals surface area (Å²) in [5, 5.41) is 8.67. The second-order valence-corrected chi connectivity index (χ2v) is 7.97. The van der Waals surface area contributed by atoms with E-state index < -0.39 is 12.1 Å². The molecule has 2 amide bonds. The number of hydrogen-bond acceptors (Lipinski definition) is 6. The maximum atomic E-state index is 12.9. The van der Waals surface area contributed by atoms with Crippen molar-refractivity contribution in [2.75, 3.05) is 20.2 Å². The first-order valence-corrected chi connectivity index (χ1v) is 11.7. The van der Waals surface area contributed by atoms with Crippen LogP contribution in [0.15, 0.2) is 0 Å². The Labute approximate surface area is 187 Å². The minimum Gasteiger partial charge on any atom is -0.450 e. The lowest BCUT2D eigenvalue weighted by Crippen LogP contribution is -2.53. The maximum absolute atomic E-state index is 12.9. The minimum atomic E-state index is -0.517. The standard InChI is InChI=1S/C23H43N3O5/c1-6-9-15-31-23(30)25-14-11-10-13-18(17(4)27)16-20(28)22(24-5)19(12-7-2)26-21(29)8-3/h18-19,22,24H,6-16H2,1-5H3,(H,25,30)(H,26,29). The number of nitrogens with one attached hydrogen (secondary N) is 3. The first-order chi connectivity index (χ1) is 14.8. The van der Waals surface area contributed by atoms with Gasteiger partial charge in [-0.2, -0.15) is 0 Å². The Hall–Kier alpha value is -1.96. The van der Waals surface area contributed by atoms with Crippen LogP contribution >= 0.6 is 0 Å². The van der Waals surface area contributed by atoms with Gasteiger partial charge in [-0.25, -0.2) is 4.79 Å². The van der Waals surface area contributed by atoms with Crippen LogP contribution in [0.5, 0.6) is 0 Å². The molecular formula is C23H43N3O5. The van der Waals surface area contributed by atoms with Gasteiger partial charge in [-0.05, 0) is 39.7 Å². The van der Waals surface area contributed by atoms with E-state index in [0.717, 1.165) is 25.7 Å². The first kappa shape index (κ1) is 29.0. The van der Waals surface area contributed by atoms with Gasteiger partial charge in [-0.3, -0.25) is 14.4 Å². The molecule has 0 spiro atoms. The van der Waals surface area contributed by atoms with Gasteiger partial charge < -0.3 is 20.7 Å². The van der Waals surface area contributed by atoms with Crippen molar-refractivity contribution in [3.63, 3.8) is 0 Å². The zero-order chi connectivity index (χ0) is 23.6. The van der Waals surface area contributed by atoms with E-state index in [9.17, 15) is 19.2 Å². The summed E-state index contributed by atoms with van der Waals surface area (Å²) in [6.07, 6.45) is 5.45. The van der Waals surface area contributed by atoms with E-state index >= 15 is 0 Å². The number of ether oxygens (including phenoxy) is 1. The van der Waals surface area contributed by atoms with Gasteiger partial charge in [0.25, 0.3) is 0 Å². The number of hydrogen-bond donors (Lipinski definition) is 3. The van der Waals surface area contributed by atoms with Crippen molar-refractivity contribution in [3.8, 4) is 0 Å². The Kier molecular flexibility index (Phi) is 16.6. The lowest BCUT2D eigenvalue weighted by atomic mass is 9.88. The Morgan fingerprint density at radius 1 is 0.935 bits per heavy atom. The quantitative estimate of drug-likeness (QED) is 0.282. The number of Topliss-reactive ketones (excluding diaryl/α,β-unsaturated/α-hetero) is 2. The maximum Gasteiger partial charge on any atom is 0.407 e. The zero-order valence-corrected chi connectivity index (χ0v) is 20.1.